The van der Waals surface area contributed by atoms with Gasteiger partial charge < -0.3 is 10.7 Å². The van der Waals surface area contributed by atoms with Crippen molar-refractivity contribution < 1.29 is 18.0 Å². The van der Waals surface area contributed by atoms with Crippen LogP contribution in [0.5, 0.6) is 0 Å². The molecule has 0 spiro atoms. The van der Waals surface area contributed by atoms with Gasteiger partial charge in [0, 0.05) is 24.4 Å². The molecule has 6 heteroatoms. The molecule has 0 bridgehead atoms. The Hall–Kier alpha value is -3.67. The maximum Gasteiger partial charge on any atom is 0.416 e. The second-order valence-corrected chi connectivity index (χ2v) is 7.05. The topological polar surface area (TPSA) is 53.0 Å². The number of carbonyl (C=O) groups is 1. The molecule has 158 valence electrons. The van der Waals surface area contributed by atoms with Crippen LogP contribution >= 0.6 is 0 Å². The first-order chi connectivity index (χ1) is 14.7. The molecule has 2 aromatic rings. The SMILES string of the molecule is CN/C=C1/C=CC(c2cccc(/C=C/c3cc(C=O)ccc3C(F)(F)F)c2C)=CC1=N. The zero-order chi connectivity index (χ0) is 22.6. The van der Waals surface area contributed by atoms with Crippen molar-refractivity contribution in [3.63, 3.8) is 0 Å². The van der Waals surface area contributed by atoms with Crippen LogP contribution in [0.15, 0.2) is 66.4 Å². The van der Waals surface area contributed by atoms with E-state index in [4.69, 9.17) is 5.41 Å². The van der Waals surface area contributed by atoms with Crippen molar-refractivity contribution in [3.8, 4) is 0 Å². The Morgan fingerprint density at radius 3 is 2.42 bits per heavy atom. The van der Waals surface area contributed by atoms with Crippen LogP contribution in [0, 0.1) is 12.3 Å². The Morgan fingerprint density at radius 2 is 1.77 bits per heavy atom. The van der Waals surface area contributed by atoms with Gasteiger partial charge in [0.2, 0.25) is 0 Å². The number of allylic oxidation sites excluding steroid dienone is 5. The lowest BCUT2D eigenvalue weighted by molar-refractivity contribution is -0.137. The Kier molecular flexibility index (Phi) is 6.39. The van der Waals surface area contributed by atoms with Crippen molar-refractivity contribution in [2.24, 2.45) is 0 Å². The van der Waals surface area contributed by atoms with E-state index in [9.17, 15) is 18.0 Å². The Bertz CT molecular complexity index is 1150. The molecule has 2 aromatic carbocycles. The number of alkyl halides is 3. The summed E-state index contributed by atoms with van der Waals surface area (Å²) < 4.78 is 40.1. The number of carbonyl (C=O) groups excluding carboxylic acids is 1. The number of halogens is 3. The van der Waals surface area contributed by atoms with Crippen LogP contribution in [0.25, 0.3) is 17.7 Å². The molecular weight excluding hydrogens is 401 g/mol. The highest BCUT2D eigenvalue weighted by molar-refractivity contribution is 6.15. The molecule has 0 aromatic heterocycles. The molecule has 0 unspecified atom stereocenters. The minimum absolute atomic E-state index is 0.0673. The number of nitrogens with one attached hydrogen (secondary N) is 2. The van der Waals surface area contributed by atoms with Gasteiger partial charge in [-0.05, 0) is 53.0 Å². The molecule has 1 aliphatic rings. The average molecular weight is 422 g/mol. The molecule has 0 heterocycles. The number of rotatable bonds is 5. The standard InChI is InChI=1S/C25H21F3N2O/c1-16-18(7-9-20-12-17(15-31)6-11-23(20)25(26,27)28)4-3-5-22(16)19-8-10-21(14-30-2)24(29)13-19/h3-15,29-30H,1-2H3/b9-7+,21-14-,29-24?. The fourth-order valence-corrected chi connectivity index (χ4v) is 3.38. The summed E-state index contributed by atoms with van der Waals surface area (Å²) in [7, 11) is 1.77. The molecule has 1 aliphatic carbocycles. The minimum atomic E-state index is -4.52. The number of aldehydes is 1. The summed E-state index contributed by atoms with van der Waals surface area (Å²) in [5.41, 5.74) is 3.82. The quantitative estimate of drug-likeness (QED) is 0.454. The molecule has 0 radical (unpaired) electrons. The zero-order valence-electron chi connectivity index (χ0n) is 17.0. The summed E-state index contributed by atoms with van der Waals surface area (Å²) in [6, 6.07) is 8.87. The number of benzene rings is 2. The predicted octanol–water partition coefficient (Wildman–Crippen LogP) is 6.07. The van der Waals surface area contributed by atoms with Crippen molar-refractivity contribution >= 4 is 29.7 Å². The second kappa shape index (κ2) is 9.00. The van der Waals surface area contributed by atoms with Gasteiger partial charge in [-0.25, -0.2) is 0 Å². The van der Waals surface area contributed by atoms with E-state index in [1.807, 2.05) is 37.3 Å². The van der Waals surface area contributed by atoms with E-state index in [1.54, 1.807) is 25.4 Å². The molecule has 0 aliphatic heterocycles. The first-order valence-electron chi connectivity index (χ1n) is 9.55. The maximum absolute atomic E-state index is 13.4. The molecule has 2 N–H and O–H groups in total. The van der Waals surface area contributed by atoms with E-state index in [2.05, 4.69) is 5.32 Å². The van der Waals surface area contributed by atoms with E-state index >= 15 is 0 Å². The fourth-order valence-electron chi connectivity index (χ4n) is 3.38. The average Bonchev–Trinajstić information content (AvgIpc) is 2.73. The van der Waals surface area contributed by atoms with Gasteiger partial charge in [-0.15, -0.1) is 0 Å². The summed E-state index contributed by atoms with van der Waals surface area (Å²) in [5, 5.41) is 11.1. The van der Waals surface area contributed by atoms with Gasteiger partial charge in [0.05, 0.1) is 11.3 Å². The Morgan fingerprint density at radius 1 is 1.03 bits per heavy atom. The van der Waals surface area contributed by atoms with Crippen LogP contribution in [0.4, 0.5) is 13.2 Å². The summed E-state index contributed by atoms with van der Waals surface area (Å²) >= 11 is 0. The number of hydrogen-bond acceptors (Lipinski definition) is 3. The monoisotopic (exact) mass is 422 g/mol. The van der Waals surface area contributed by atoms with Gasteiger partial charge in [-0.2, -0.15) is 13.2 Å². The van der Waals surface area contributed by atoms with Gasteiger partial charge in [-0.3, -0.25) is 4.79 Å². The van der Waals surface area contributed by atoms with Crippen molar-refractivity contribution in [1.82, 2.24) is 5.32 Å². The minimum Gasteiger partial charge on any atom is -0.393 e. The second-order valence-electron chi connectivity index (χ2n) is 7.05. The van der Waals surface area contributed by atoms with Gasteiger partial charge in [0.15, 0.2) is 0 Å². The van der Waals surface area contributed by atoms with E-state index in [0.29, 0.717) is 12.0 Å². The first kappa shape index (κ1) is 22.0. The third-order valence-corrected chi connectivity index (χ3v) is 5.00. The third kappa shape index (κ3) is 4.91. The largest absolute Gasteiger partial charge is 0.416 e. The van der Waals surface area contributed by atoms with Crippen molar-refractivity contribution in [2.45, 2.75) is 13.1 Å². The van der Waals surface area contributed by atoms with Gasteiger partial charge in [-0.1, -0.05) is 48.6 Å². The van der Waals surface area contributed by atoms with E-state index in [1.165, 1.54) is 12.1 Å². The highest BCUT2D eigenvalue weighted by Gasteiger charge is 2.32. The normalized spacial score (nSPS) is 15.5. The van der Waals surface area contributed by atoms with Crippen LogP contribution < -0.4 is 5.32 Å². The molecule has 0 saturated carbocycles. The molecule has 0 fully saturated rings. The van der Waals surface area contributed by atoms with E-state index < -0.39 is 11.7 Å². The lowest BCUT2D eigenvalue weighted by Crippen LogP contribution is -2.07. The molecular formula is C25H21F3N2O. The molecule has 3 rings (SSSR count). The molecule has 0 atom stereocenters. The van der Waals surface area contributed by atoms with Crippen LogP contribution in [0.3, 0.4) is 0 Å². The number of hydrogen-bond donors (Lipinski definition) is 2. The Labute approximate surface area is 178 Å². The summed E-state index contributed by atoms with van der Waals surface area (Å²) in [4.78, 5) is 11.0. The smallest absolute Gasteiger partial charge is 0.393 e. The highest BCUT2D eigenvalue weighted by Crippen LogP contribution is 2.34. The van der Waals surface area contributed by atoms with Crippen LogP contribution in [0.2, 0.25) is 0 Å². The molecule has 3 nitrogen and oxygen atoms in total. The first-order valence-corrected chi connectivity index (χ1v) is 9.55. The summed E-state index contributed by atoms with van der Waals surface area (Å²) in [6.45, 7) is 1.89. The summed E-state index contributed by atoms with van der Waals surface area (Å²) in [6.07, 6.45) is 6.25. The fraction of sp³-hybridized carbons (Fsp3) is 0.120. The lowest BCUT2D eigenvalue weighted by atomic mass is 9.91. The highest BCUT2D eigenvalue weighted by atomic mass is 19.4. The molecule has 31 heavy (non-hydrogen) atoms. The van der Waals surface area contributed by atoms with Gasteiger partial charge in [0.1, 0.15) is 6.29 Å². The van der Waals surface area contributed by atoms with Crippen LogP contribution in [-0.4, -0.2) is 19.0 Å². The van der Waals surface area contributed by atoms with Crippen molar-refractivity contribution in [2.75, 3.05) is 7.05 Å². The van der Waals surface area contributed by atoms with Crippen molar-refractivity contribution in [1.29, 1.82) is 5.41 Å². The predicted molar refractivity (Wildman–Crippen MR) is 119 cm³/mol. The lowest BCUT2D eigenvalue weighted by Gasteiger charge is -2.15. The van der Waals surface area contributed by atoms with Gasteiger partial charge >= 0.3 is 6.18 Å². The van der Waals surface area contributed by atoms with Crippen LogP contribution in [-0.2, 0) is 6.18 Å². The van der Waals surface area contributed by atoms with Crippen LogP contribution in [0.1, 0.15) is 38.2 Å². The van der Waals surface area contributed by atoms with Gasteiger partial charge in [0.25, 0.3) is 0 Å². The van der Waals surface area contributed by atoms with E-state index in [-0.39, 0.29) is 11.1 Å². The summed E-state index contributed by atoms with van der Waals surface area (Å²) in [5.74, 6) is 0. The van der Waals surface area contributed by atoms with E-state index in [0.717, 1.165) is 40.0 Å². The maximum atomic E-state index is 13.4. The van der Waals surface area contributed by atoms with Crippen molar-refractivity contribution in [3.05, 3.63) is 99.8 Å². The zero-order valence-corrected chi connectivity index (χ0v) is 17.0. The molecule has 0 amide bonds. The third-order valence-electron chi connectivity index (χ3n) is 5.00. The Balaban J connectivity index is 1.99. The molecule has 0 saturated heterocycles.